The summed E-state index contributed by atoms with van der Waals surface area (Å²) in [7, 11) is -3.58. The maximum Gasteiger partial charge on any atom is 0.350 e. The molecular formula is C6H11F2NO4S. The van der Waals surface area contributed by atoms with E-state index in [4.69, 9.17) is 5.11 Å². The van der Waals surface area contributed by atoms with Crippen LogP contribution in [0.15, 0.2) is 0 Å². The first-order valence-electron chi connectivity index (χ1n) is 3.73. The number of rotatable bonds is 6. The molecule has 0 aromatic rings. The minimum Gasteiger partial charge on any atom is -0.481 e. The van der Waals surface area contributed by atoms with Gasteiger partial charge in [0.25, 0.3) is 10.0 Å². The van der Waals surface area contributed by atoms with Crippen LogP contribution >= 0.6 is 0 Å². The highest BCUT2D eigenvalue weighted by atomic mass is 32.2. The first-order valence-corrected chi connectivity index (χ1v) is 5.24. The summed E-state index contributed by atoms with van der Waals surface area (Å²) in [6.45, 7) is -0.223. The summed E-state index contributed by atoms with van der Waals surface area (Å²) in [5, 5.41) is 8.22. The lowest BCUT2D eigenvalue weighted by Crippen LogP contribution is -2.32. The molecule has 0 fully saturated rings. The number of hydrogen-bond acceptors (Lipinski definition) is 3. The van der Waals surface area contributed by atoms with Crippen LogP contribution in [0.1, 0.15) is 12.8 Å². The molecule has 0 saturated carbocycles. The zero-order chi connectivity index (χ0) is 11.4. The molecule has 0 aliphatic carbocycles. The zero-order valence-electron chi connectivity index (χ0n) is 7.48. The van der Waals surface area contributed by atoms with Gasteiger partial charge in [-0.05, 0) is 6.42 Å². The van der Waals surface area contributed by atoms with Crippen LogP contribution in [0.5, 0.6) is 0 Å². The van der Waals surface area contributed by atoms with E-state index in [1.165, 1.54) is 0 Å². The van der Waals surface area contributed by atoms with Gasteiger partial charge in [0.1, 0.15) is 0 Å². The van der Waals surface area contributed by atoms with E-state index < -0.39 is 21.8 Å². The molecule has 0 rings (SSSR count). The van der Waals surface area contributed by atoms with Gasteiger partial charge in [-0.25, -0.2) is 12.7 Å². The molecule has 0 heterocycles. The summed E-state index contributed by atoms with van der Waals surface area (Å²) < 4.78 is 45.7. The lowest BCUT2D eigenvalue weighted by atomic mass is 10.3. The van der Waals surface area contributed by atoms with Crippen molar-refractivity contribution >= 4 is 16.0 Å². The second kappa shape index (κ2) is 5.20. The largest absolute Gasteiger partial charge is 0.481 e. The molecule has 0 saturated heterocycles. The lowest BCUT2D eigenvalue weighted by Gasteiger charge is -2.15. The predicted molar refractivity (Wildman–Crippen MR) is 44.4 cm³/mol. The maximum atomic E-state index is 11.9. The van der Waals surface area contributed by atoms with Gasteiger partial charge in [0.15, 0.2) is 0 Å². The van der Waals surface area contributed by atoms with E-state index in [1.54, 1.807) is 0 Å². The second-order valence-electron chi connectivity index (χ2n) is 2.62. The second-order valence-corrected chi connectivity index (χ2v) is 4.63. The van der Waals surface area contributed by atoms with Crippen LogP contribution in [0.4, 0.5) is 8.78 Å². The molecule has 0 atom stereocenters. The van der Waals surface area contributed by atoms with Crippen LogP contribution in [-0.2, 0) is 14.8 Å². The third kappa shape index (κ3) is 3.97. The quantitative estimate of drug-likeness (QED) is 0.715. The highest BCUT2D eigenvalue weighted by Crippen LogP contribution is 2.10. The van der Waals surface area contributed by atoms with Crippen molar-refractivity contribution in [3.8, 4) is 0 Å². The molecule has 14 heavy (non-hydrogen) atoms. The molecule has 5 nitrogen and oxygen atoms in total. The minimum atomic E-state index is -4.57. The van der Waals surface area contributed by atoms with Gasteiger partial charge >= 0.3 is 11.7 Å². The molecule has 0 aliphatic heterocycles. The number of sulfonamides is 1. The number of carboxylic acids is 1. The van der Waals surface area contributed by atoms with Crippen LogP contribution in [0, 0.1) is 0 Å². The van der Waals surface area contributed by atoms with Crippen molar-refractivity contribution in [1.29, 1.82) is 0 Å². The Labute approximate surface area is 80.4 Å². The fraction of sp³-hybridized carbons (Fsp3) is 0.833. The Morgan fingerprint density at radius 3 is 2.36 bits per heavy atom. The fourth-order valence-corrected chi connectivity index (χ4v) is 1.37. The molecule has 0 aliphatic rings. The number of aliphatic carboxylic acids is 1. The average molecular weight is 231 g/mol. The number of halogens is 2. The van der Waals surface area contributed by atoms with Gasteiger partial charge in [-0.2, -0.15) is 8.78 Å². The molecule has 0 bridgehead atoms. The van der Waals surface area contributed by atoms with Crippen molar-refractivity contribution in [2.24, 2.45) is 0 Å². The first kappa shape index (κ1) is 13.2. The third-order valence-corrected chi connectivity index (χ3v) is 3.02. The van der Waals surface area contributed by atoms with Crippen molar-refractivity contribution in [2.45, 2.75) is 18.6 Å². The van der Waals surface area contributed by atoms with Crippen LogP contribution in [-0.4, -0.2) is 43.1 Å². The van der Waals surface area contributed by atoms with Crippen LogP contribution in [0.3, 0.4) is 0 Å². The summed E-state index contributed by atoms with van der Waals surface area (Å²) in [4.78, 5) is 10.0. The molecule has 0 aromatic heterocycles. The maximum absolute atomic E-state index is 11.9. The monoisotopic (exact) mass is 231 g/mol. The van der Waals surface area contributed by atoms with Crippen LogP contribution in [0.2, 0.25) is 0 Å². The van der Waals surface area contributed by atoms with Crippen molar-refractivity contribution in [2.75, 3.05) is 13.6 Å². The number of carboxylic acid groups (broad SMARTS) is 1. The van der Waals surface area contributed by atoms with Crippen molar-refractivity contribution in [1.82, 2.24) is 4.31 Å². The summed E-state index contributed by atoms with van der Waals surface area (Å²) in [5.74, 6) is -4.55. The molecule has 0 spiro atoms. The van der Waals surface area contributed by atoms with Gasteiger partial charge in [0, 0.05) is 20.0 Å². The van der Waals surface area contributed by atoms with Crippen molar-refractivity contribution in [3.05, 3.63) is 0 Å². The van der Waals surface area contributed by atoms with E-state index in [2.05, 4.69) is 0 Å². The van der Waals surface area contributed by atoms with Gasteiger partial charge < -0.3 is 5.11 Å². The standard InChI is InChI=1S/C6H11F2NO4S/c1-9(4-2-3-5(10)11)14(12,13)6(7)8/h6H,2-4H2,1H3,(H,10,11). The fourth-order valence-electron chi connectivity index (χ4n) is 0.716. The van der Waals surface area contributed by atoms with Crippen LogP contribution < -0.4 is 0 Å². The van der Waals surface area contributed by atoms with E-state index in [0.29, 0.717) is 4.31 Å². The summed E-state index contributed by atoms with van der Waals surface area (Å²) in [6, 6.07) is 0. The molecule has 0 unspecified atom stereocenters. The highest BCUT2D eigenvalue weighted by Gasteiger charge is 2.28. The Kier molecular flexibility index (Phi) is 4.92. The van der Waals surface area contributed by atoms with E-state index in [-0.39, 0.29) is 19.4 Å². The number of alkyl halides is 2. The Hall–Kier alpha value is -0.760. The molecule has 0 aromatic carbocycles. The van der Waals surface area contributed by atoms with Crippen molar-refractivity contribution < 1.29 is 27.1 Å². The van der Waals surface area contributed by atoms with Gasteiger partial charge in [0.05, 0.1) is 0 Å². The Bertz CT molecular complexity index is 290. The number of carbonyl (C=O) groups is 1. The summed E-state index contributed by atoms with van der Waals surface area (Å²) in [5.41, 5.74) is 0. The normalized spacial score (nSPS) is 12.4. The first-order chi connectivity index (χ1) is 6.28. The van der Waals surface area contributed by atoms with Gasteiger partial charge in [-0.1, -0.05) is 0 Å². The molecule has 0 radical (unpaired) electrons. The third-order valence-electron chi connectivity index (χ3n) is 1.52. The van der Waals surface area contributed by atoms with Crippen LogP contribution in [0.25, 0.3) is 0 Å². The number of hydrogen-bond donors (Lipinski definition) is 1. The Morgan fingerprint density at radius 1 is 1.50 bits per heavy atom. The molecular weight excluding hydrogens is 220 g/mol. The Morgan fingerprint density at radius 2 is 2.00 bits per heavy atom. The van der Waals surface area contributed by atoms with Gasteiger partial charge in [-0.3, -0.25) is 4.79 Å². The summed E-state index contributed by atoms with van der Waals surface area (Å²) >= 11 is 0. The molecule has 0 amide bonds. The highest BCUT2D eigenvalue weighted by molar-refractivity contribution is 7.89. The van der Waals surface area contributed by atoms with Crippen molar-refractivity contribution in [3.63, 3.8) is 0 Å². The Balaban J connectivity index is 4.09. The zero-order valence-corrected chi connectivity index (χ0v) is 8.30. The summed E-state index contributed by atoms with van der Waals surface area (Å²) in [6.07, 6.45) is -0.235. The van der Waals surface area contributed by atoms with E-state index in [9.17, 15) is 22.0 Å². The molecule has 8 heteroatoms. The number of nitrogens with zero attached hydrogens (tertiary/aromatic N) is 1. The van der Waals surface area contributed by atoms with E-state index in [1.807, 2.05) is 0 Å². The molecule has 84 valence electrons. The predicted octanol–water partition coefficient (Wildman–Crippen LogP) is 0.335. The van der Waals surface area contributed by atoms with E-state index in [0.717, 1.165) is 7.05 Å². The topological polar surface area (TPSA) is 74.7 Å². The minimum absolute atomic E-state index is 0.0117. The molecule has 1 N–H and O–H groups in total. The van der Waals surface area contributed by atoms with Gasteiger partial charge in [0.2, 0.25) is 0 Å². The van der Waals surface area contributed by atoms with E-state index >= 15 is 0 Å². The van der Waals surface area contributed by atoms with Gasteiger partial charge in [-0.15, -0.1) is 0 Å². The average Bonchev–Trinajstić information content (AvgIpc) is 2.02. The lowest BCUT2D eigenvalue weighted by molar-refractivity contribution is -0.137. The SMILES string of the molecule is CN(CCCC(=O)O)S(=O)(=O)C(F)F. The smallest absolute Gasteiger partial charge is 0.350 e.